The third-order valence-electron chi connectivity index (χ3n) is 4.30. The molecule has 1 aliphatic carbocycles. The maximum absolute atomic E-state index is 12.1. The van der Waals surface area contributed by atoms with Gasteiger partial charge in [-0.15, -0.1) is 0 Å². The van der Waals surface area contributed by atoms with Crippen LogP contribution in [0.2, 0.25) is 0 Å². The van der Waals surface area contributed by atoms with Crippen molar-refractivity contribution in [2.45, 2.75) is 47.5 Å². The quantitative estimate of drug-likeness (QED) is 0.685. The summed E-state index contributed by atoms with van der Waals surface area (Å²) in [5, 5.41) is 0. The van der Waals surface area contributed by atoms with Gasteiger partial charge >= 0.3 is 0 Å². The number of hydrogen-bond acceptors (Lipinski definition) is 1. The molecule has 0 heterocycles. The van der Waals surface area contributed by atoms with Crippen molar-refractivity contribution in [3.63, 3.8) is 0 Å². The van der Waals surface area contributed by atoms with Crippen molar-refractivity contribution in [2.24, 2.45) is 23.2 Å². The molecule has 1 aliphatic rings. The number of nitrogens with zero attached hydrogens (tertiary/aromatic N) is 1. The molecule has 0 aromatic rings. The molecule has 3 atom stereocenters. The van der Waals surface area contributed by atoms with E-state index < -0.39 is 0 Å². The lowest BCUT2D eigenvalue weighted by molar-refractivity contribution is -0.131. The fraction of sp³-hybridized carbons (Fsp3) is 0.812. The molecule has 0 N–H and O–H groups in total. The number of allylic oxidation sites excluding steroid dienone is 1. The molecular formula is C16H29NO. The van der Waals surface area contributed by atoms with Crippen LogP contribution in [-0.2, 0) is 4.79 Å². The number of hydrogen-bond donors (Lipinski definition) is 0. The Labute approximate surface area is 112 Å². The summed E-state index contributed by atoms with van der Waals surface area (Å²) in [4.78, 5) is 13.8. The van der Waals surface area contributed by atoms with Gasteiger partial charge in [0, 0.05) is 14.1 Å². The predicted octanol–water partition coefficient (Wildman–Crippen LogP) is 3.73. The Hall–Kier alpha value is -0.790. The Morgan fingerprint density at radius 2 is 1.89 bits per heavy atom. The standard InChI is InChI=1S/C16H29NO/c1-11-8-9-13(16(3,4)5)10-14(11)12(2)15(18)17(6)7/h10-13H,8-9H2,1-7H3/t11-,12?,13-/m1/s1. The molecule has 104 valence electrons. The molecule has 0 radical (unpaired) electrons. The van der Waals surface area contributed by atoms with Gasteiger partial charge in [0.15, 0.2) is 0 Å². The number of carbonyl (C=O) groups excluding carboxylic acids is 1. The van der Waals surface area contributed by atoms with Gasteiger partial charge in [0.05, 0.1) is 5.92 Å². The first-order valence-corrected chi connectivity index (χ1v) is 7.07. The molecule has 0 bridgehead atoms. The molecule has 0 aliphatic heterocycles. The highest BCUT2D eigenvalue weighted by atomic mass is 16.2. The Morgan fingerprint density at radius 1 is 1.33 bits per heavy atom. The van der Waals surface area contributed by atoms with Gasteiger partial charge in [-0.3, -0.25) is 4.79 Å². The fourth-order valence-corrected chi connectivity index (χ4v) is 2.86. The van der Waals surface area contributed by atoms with E-state index >= 15 is 0 Å². The second-order valence-corrected chi connectivity index (χ2v) is 7.07. The largest absolute Gasteiger partial charge is 0.348 e. The first-order chi connectivity index (χ1) is 8.14. The fourth-order valence-electron chi connectivity index (χ4n) is 2.86. The summed E-state index contributed by atoms with van der Waals surface area (Å²) in [7, 11) is 3.68. The van der Waals surface area contributed by atoms with Crippen LogP contribution >= 0.6 is 0 Å². The van der Waals surface area contributed by atoms with Gasteiger partial charge < -0.3 is 4.90 Å². The van der Waals surface area contributed by atoms with Crippen LogP contribution < -0.4 is 0 Å². The topological polar surface area (TPSA) is 20.3 Å². The van der Waals surface area contributed by atoms with Crippen LogP contribution in [0.1, 0.15) is 47.5 Å². The van der Waals surface area contributed by atoms with Gasteiger partial charge in [0.1, 0.15) is 0 Å². The lowest BCUT2D eigenvalue weighted by Crippen LogP contribution is -2.33. The highest BCUT2D eigenvalue weighted by Gasteiger charge is 2.32. The molecule has 0 aromatic carbocycles. The highest BCUT2D eigenvalue weighted by Crippen LogP contribution is 2.40. The minimum atomic E-state index is 0.0279. The molecule has 18 heavy (non-hydrogen) atoms. The average Bonchev–Trinajstić information content (AvgIpc) is 2.26. The monoisotopic (exact) mass is 251 g/mol. The van der Waals surface area contributed by atoms with Crippen LogP contribution in [0.25, 0.3) is 0 Å². The van der Waals surface area contributed by atoms with Crippen LogP contribution in [-0.4, -0.2) is 24.9 Å². The van der Waals surface area contributed by atoms with Crippen molar-refractivity contribution < 1.29 is 4.79 Å². The molecule has 0 saturated heterocycles. The molecule has 2 heteroatoms. The van der Waals surface area contributed by atoms with Crippen LogP contribution in [0, 0.1) is 23.2 Å². The van der Waals surface area contributed by atoms with Gasteiger partial charge in [-0.05, 0) is 37.0 Å². The van der Waals surface area contributed by atoms with Crippen LogP contribution in [0.5, 0.6) is 0 Å². The van der Waals surface area contributed by atoms with Gasteiger partial charge in [-0.2, -0.15) is 0 Å². The maximum Gasteiger partial charge on any atom is 0.228 e. The summed E-state index contributed by atoms with van der Waals surface area (Å²) in [5.41, 5.74) is 1.64. The van der Waals surface area contributed by atoms with E-state index in [2.05, 4.69) is 40.7 Å². The van der Waals surface area contributed by atoms with E-state index in [1.807, 2.05) is 14.1 Å². The van der Waals surface area contributed by atoms with Crippen molar-refractivity contribution in [1.29, 1.82) is 0 Å². The lowest BCUT2D eigenvalue weighted by atomic mass is 9.69. The second-order valence-electron chi connectivity index (χ2n) is 7.07. The van der Waals surface area contributed by atoms with E-state index in [1.54, 1.807) is 4.90 Å². The molecule has 0 spiro atoms. The minimum absolute atomic E-state index is 0.0279. The van der Waals surface area contributed by atoms with E-state index in [-0.39, 0.29) is 11.8 Å². The smallest absolute Gasteiger partial charge is 0.228 e. The summed E-state index contributed by atoms with van der Waals surface area (Å²) in [5.74, 6) is 1.39. The van der Waals surface area contributed by atoms with E-state index in [4.69, 9.17) is 0 Å². The number of amides is 1. The van der Waals surface area contributed by atoms with Crippen molar-refractivity contribution in [3.05, 3.63) is 11.6 Å². The third-order valence-corrected chi connectivity index (χ3v) is 4.30. The average molecular weight is 251 g/mol. The zero-order chi connectivity index (χ0) is 14.1. The summed E-state index contributed by atoms with van der Waals surface area (Å²) in [6.45, 7) is 11.2. The number of carbonyl (C=O) groups is 1. The summed E-state index contributed by atoms with van der Waals surface area (Å²) < 4.78 is 0. The Kier molecular flexibility index (Phi) is 4.63. The van der Waals surface area contributed by atoms with Crippen molar-refractivity contribution in [3.8, 4) is 0 Å². The first-order valence-electron chi connectivity index (χ1n) is 7.07. The Balaban J connectivity index is 2.96. The minimum Gasteiger partial charge on any atom is -0.348 e. The van der Waals surface area contributed by atoms with E-state index in [0.717, 1.165) is 0 Å². The third kappa shape index (κ3) is 3.37. The lowest BCUT2D eigenvalue weighted by Gasteiger charge is -2.36. The van der Waals surface area contributed by atoms with E-state index in [1.165, 1.54) is 18.4 Å². The highest BCUT2D eigenvalue weighted by molar-refractivity contribution is 5.80. The molecule has 0 fully saturated rings. The predicted molar refractivity (Wildman–Crippen MR) is 77.3 cm³/mol. The second kappa shape index (κ2) is 5.46. The molecule has 1 rings (SSSR count). The Morgan fingerprint density at radius 3 is 2.33 bits per heavy atom. The molecular weight excluding hydrogens is 222 g/mol. The number of rotatable bonds is 2. The van der Waals surface area contributed by atoms with E-state index in [0.29, 0.717) is 17.3 Å². The van der Waals surface area contributed by atoms with Crippen molar-refractivity contribution in [2.75, 3.05) is 14.1 Å². The zero-order valence-electron chi connectivity index (χ0n) is 13.1. The van der Waals surface area contributed by atoms with Gasteiger partial charge in [0.2, 0.25) is 5.91 Å². The molecule has 0 saturated carbocycles. The summed E-state index contributed by atoms with van der Waals surface area (Å²) in [6, 6.07) is 0. The molecule has 0 aromatic heterocycles. The summed E-state index contributed by atoms with van der Waals surface area (Å²) >= 11 is 0. The molecule has 1 amide bonds. The van der Waals surface area contributed by atoms with Crippen LogP contribution in [0.4, 0.5) is 0 Å². The summed E-state index contributed by atoms with van der Waals surface area (Å²) in [6.07, 6.45) is 4.84. The normalized spacial score (nSPS) is 26.5. The van der Waals surface area contributed by atoms with Crippen molar-refractivity contribution in [1.82, 2.24) is 4.90 Å². The first kappa shape index (κ1) is 15.3. The van der Waals surface area contributed by atoms with Crippen LogP contribution in [0.15, 0.2) is 11.6 Å². The van der Waals surface area contributed by atoms with Gasteiger partial charge in [0.25, 0.3) is 0 Å². The zero-order valence-corrected chi connectivity index (χ0v) is 13.1. The van der Waals surface area contributed by atoms with Crippen LogP contribution in [0.3, 0.4) is 0 Å². The molecule has 1 unspecified atom stereocenters. The molecule has 2 nitrogen and oxygen atoms in total. The Bertz CT molecular complexity index is 335. The maximum atomic E-state index is 12.1. The van der Waals surface area contributed by atoms with Gasteiger partial charge in [-0.25, -0.2) is 0 Å². The van der Waals surface area contributed by atoms with Crippen molar-refractivity contribution >= 4 is 5.91 Å². The SMILES string of the molecule is CC(C(=O)N(C)C)C1=C[C@H](C(C)(C)C)CC[C@H]1C. The van der Waals surface area contributed by atoms with E-state index in [9.17, 15) is 4.79 Å². The van der Waals surface area contributed by atoms with Gasteiger partial charge in [-0.1, -0.05) is 39.3 Å².